The number of aliphatic hydroxyl groups excluding tert-OH is 1. The second-order valence-corrected chi connectivity index (χ2v) is 5.84. The van der Waals surface area contributed by atoms with Crippen LogP contribution in [0.3, 0.4) is 0 Å². The quantitative estimate of drug-likeness (QED) is 0.635. The Kier molecular flexibility index (Phi) is 9.70. The lowest BCUT2D eigenvalue weighted by Crippen LogP contribution is -2.53. The molecule has 0 aromatic heterocycles. The minimum atomic E-state index is -0.776. The number of nitrogens with one attached hydrogen (secondary N) is 1. The number of halogens is 1. The summed E-state index contributed by atoms with van der Waals surface area (Å²) in [7, 11) is 0. The van der Waals surface area contributed by atoms with Crippen molar-refractivity contribution in [2.45, 2.75) is 58.9 Å². The van der Waals surface area contributed by atoms with E-state index in [0.717, 1.165) is 19.3 Å². The molecule has 0 aliphatic heterocycles. The molecule has 0 saturated heterocycles. The first-order valence-electron chi connectivity index (χ1n) is 6.43. The number of carbonyl (C=O) groups is 1. The highest BCUT2D eigenvalue weighted by molar-refractivity contribution is 5.85. The Bertz CT molecular complexity index is 243. The largest absolute Gasteiger partial charge is 0.396 e. The van der Waals surface area contributed by atoms with Crippen molar-refractivity contribution in [3.63, 3.8) is 0 Å². The molecule has 0 heterocycles. The van der Waals surface area contributed by atoms with Crippen molar-refractivity contribution in [3.8, 4) is 0 Å². The van der Waals surface area contributed by atoms with Crippen LogP contribution in [0.1, 0.15) is 53.4 Å². The van der Waals surface area contributed by atoms with E-state index in [4.69, 9.17) is 10.8 Å². The second-order valence-electron chi connectivity index (χ2n) is 5.84. The van der Waals surface area contributed by atoms with E-state index in [1.54, 1.807) is 6.92 Å². The van der Waals surface area contributed by atoms with Gasteiger partial charge in [-0.1, -0.05) is 27.2 Å². The zero-order valence-corrected chi connectivity index (χ0v) is 12.9. The van der Waals surface area contributed by atoms with E-state index in [9.17, 15) is 4.79 Å². The topological polar surface area (TPSA) is 75.4 Å². The monoisotopic (exact) mass is 280 g/mol. The number of aliphatic hydroxyl groups is 1. The van der Waals surface area contributed by atoms with Crippen LogP contribution in [0.25, 0.3) is 0 Å². The predicted octanol–water partition coefficient (Wildman–Crippen LogP) is 1.84. The van der Waals surface area contributed by atoms with Gasteiger partial charge in [0.2, 0.25) is 5.91 Å². The Balaban J connectivity index is 0. The van der Waals surface area contributed by atoms with E-state index in [-0.39, 0.29) is 30.3 Å². The average Bonchev–Trinajstić information content (AvgIpc) is 2.23. The molecule has 4 N–H and O–H groups in total. The molecule has 0 rings (SSSR count). The molecule has 0 fully saturated rings. The molecule has 4 nitrogen and oxygen atoms in total. The second kappa shape index (κ2) is 8.73. The molecule has 1 unspecified atom stereocenters. The van der Waals surface area contributed by atoms with Crippen LogP contribution in [0, 0.1) is 5.41 Å². The zero-order valence-electron chi connectivity index (χ0n) is 12.1. The molecule has 0 saturated carbocycles. The normalized spacial score (nSPS) is 14.6. The molecule has 0 spiro atoms. The van der Waals surface area contributed by atoms with Gasteiger partial charge in [0.15, 0.2) is 0 Å². The van der Waals surface area contributed by atoms with Gasteiger partial charge in [-0.2, -0.15) is 0 Å². The third kappa shape index (κ3) is 7.90. The summed E-state index contributed by atoms with van der Waals surface area (Å²) in [4.78, 5) is 11.9. The van der Waals surface area contributed by atoms with Crippen molar-refractivity contribution in [1.82, 2.24) is 5.32 Å². The summed E-state index contributed by atoms with van der Waals surface area (Å²) in [6.07, 6.45) is 3.24. The van der Waals surface area contributed by atoms with E-state index in [2.05, 4.69) is 19.2 Å². The molecular formula is C13H29ClN2O2. The predicted molar refractivity (Wildman–Crippen MR) is 77.9 cm³/mol. The average molecular weight is 281 g/mol. The Morgan fingerprint density at radius 2 is 1.83 bits per heavy atom. The van der Waals surface area contributed by atoms with E-state index in [0.29, 0.717) is 13.0 Å². The van der Waals surface area contributed by atoms with Crippen LogP contribution in [-0.4, -0.2) is 29.7 Å². The molecule has 0 aromatic carbocycles. The van der Waals surface area contributed by atoms with Crippen LogP contribution in [0.2, 0.25) is 0 Å². The van der Waals surface area contributed by atoms with Crippen molar-refractivity contribution < 1.29 is 9.90 Å². The summed E-state index contributed by atoms with van der Waals surface area (Å²) in [5.41, 5.74) is 5.17. The van der Waals surface area contributed by atoms with E-state index >= 15 is 0 Å². The van der Waals surface area contributed by atoms with Gasteiger partial charge in [0.1, 0.15) is 0 Å². The fourth-order valence-electron chi connectivity index (χ4n) is 1.80. The first-order valence-corrected chi connectivity index (χ1v) is 6.43. The van der Waals surface area contributed by atoms with Gasteiger partial charge in [0.05, 0.1) is 5.54 Å². The molecule has 18 heavy (non-hydrogen) atoms. The van der Waals surface area contributed by atoms with Crippen molar-refractivity contribution in [2.75, 3.05) is 13.2 Å². The molecular weight excluding hydrogens is 252 g/mol. The minimum absolute atomic E-state index is 0. The highest BCUT2D eigenvalue weighted by Gasteiger charge is 2.28. The molecule has 0 radical (unpaired) electrons. The summed E-state index contributed by atoms with van der Waals surface area (Å²) >= 11 is 0. The number of nitrogens with two attached hydrogens (primary N) is 1. The third-order valence-corrected chi connectivity index (χ3v) is 3.03. The van der Waals surface area contributed by atoms with Gasteiger partial charge in [-0.25, -0.2) is 0 Å². The highest BCUT2D eigenvalue weighted by atomic mass is 35.5. The zero-order chi connectivity index (χ0) is 13.5. The number of rotatable bonds is 8. The number of hydrogen-bond donors (Lipinski definition) is 3. The third-order valence-electron chi connectivity index (χ3n) is 3.03. The molecule has 0 aliphatic rings. The van der Waals surface area contributed by atoms with Crippen LogP contribution in [0.4, 0.5) is 0 Å². The van der Waals surface area contributed by atoms with Gasteiger partial charge in [0.25, 0.3) is 0 Å². The van der Waals surface area contributed by atoms with Crippen LogP contribution in [-0.2, 0) is 4.79 Å². The number of amides is 1. The van der Waals surface area contributed by atoms with Crippen molar-refractivity contribution in [3.05, 3.63) is 0 Å². The van der Waals surface area contributed by atoms with E-state index in [1.165, 1.54) is 0 Å². The first-order chi connectivity index (χ1) is 7.75. The molecule has 0 aliphatic carbocycles. The maximum Gasteiger partial charge on any atom is 0.239 e. The lowest BCUT2D eigenvalue weighted by atomic mass is 9.87. The molecule has 1 amide bonds. The number of hydrogen-bond acceptors (Lipinski definition) is 3. The van der Waals surface area contributed by atoms with Gasteiger partial charge in [-0.3, -0.25) is 4.79 Å². The molecule has 0 aromatic rings. The molecule has 5 heteroatoms. The lowest BCUT2D eigenvalue weighted by molar-refractivity contribution is -0.126. The van der Waals surface area contributed by atoms with Crippen LogP contribution < -0.4 is 11.1 Å². The Morgan fingerprint density at radius 3 is 2.28 bits per heavy atom. The van der Waals surface area contributed by atoms with Gasteiger partial charge in [0, 0.05) is 13.2 Å². The van der Waals surface area contributed by atoms with E-state index in [1.807, 2.05) is 6.92 Å². The fraction of sp³-hybridized carbons (Fsp3) is 0.923. The highest BCUT2D eigenvalue weighted by Crippen LogP contribution is 2.21. The first kappa shape index (κ1) is 20.0. The van der Waals surface area contributed by atoms with E-state index < -0.39 is 5.54 Å². The molecule has 0 bridgehead atoms. The van der Waals surface area contributed by atoms with Crippen molar-refractivity contribution >= 4 is 18.3 Å². The van der Waals surface area contributed by atoms with Crippen LogP contribution >= 0.6 is 12.4 Å². The summed E-state index contributed by atoms with van der Waals surface area (Å²) in [6, 6.07) is 0. The van der Waals surface area contributed by atoms with Gasteiger partial charge in [-0.15, -0.1) is 12.4 Å². The maximum atomic E-state index is 11.9. The van der Waals surface area contributed by atoms with Gasteiger partial charge in [-0.05, 0) is 31.6 Å². The smallest absolute Gasteiger partial charge is 0.239 e. The minimum Gasteiger partial charge on any atom is -0.396 e. The lowest BCUT2D eigenvalue weighted by Gasteiger charge is -2.28. The molecule has 1 atom stereocenters. The Hall–Kier alpha value is -0.320. The summed E-state index contributed by atoms with van der Waals surface area (Å²) in [5.74, 6) is -0.0866. The van der Waals surface area contributed by atoms with Crippen molar-refractivity contribution in [2.24, 2.45) is 11.1 Å². The number of carbonyl (C=O) groups excluding carboxylic acids is 1. The summed E-state index contributed by atoms with van der Waals surface area (Å²) < 4.78 is 0. The van der Waals surface area contributed by atoms with Crippen LogP contribution in [0.15, 0.2) is 0 Å². The SMILES string of the molecule is CCCC(C)(N)C(=O)NCC(C)(C)CCCO.Cl. The molecule has 110 valence electrons. The van der Waals surface area contributed by atoms with Gasteiger partial charge < -0.3 is 16.2 Å². The van der Waals surface area contributed by atoms with Crippen LogP contribution in [0.5, 0.6) is 0 Å². The summed E-state index contributed by atoms with van der Waals surface area (Å²) in [5, 5.41) is 11.7. The maximum absolute atomic E-state index is 11.9. The van der Waals surface area contributed by atoms with Crippen molar-refractivity contribution in [1.29, 1.82) is 0 Å². The standard InChI is InChI=1S/C13H28N2O2.ClH/c1-5-7-13(4,14)11(17)15-10-12(2,3)8-6-9-16;/h16H,5-10,14H2,1-4H3,(H,15,17);1H. The fourth-order valence-corrected chi connectivity index (χ4v) is 1.80. The Morgan fingerprint density at radius 1 is 1.28 bits per heavy atom. The summed E-state index contributed by atoms with van der Waals surface area (Å²) in [6.45, 7) is 8.74. The van der Waals surface area contributed by atoms with Gasteiger partial charge >= 0.3 is 0 Å². The Labute approximate surface area is 117 Å².